The fourth-order valence-electron chi connectivity index (χ4n) is 2.35. The molecule has 1 atom stereocenters. The number of hydrogen-bond donors (Lipinski definition) is 2. The number of pyridine rings is 1. The molecule has 1 amide bonds. The highest BCUT2D eigenvalue weighted by Crippen LogP contribution is 2.33. The van der Waals surface area contributed by atoms with Crippen LogP contribution in [0.4, 0.5) is 11.4 Å². The molecule has 1 saturated heterocycles. The zero-order valence-electron chi connectivity index (χ0n) is 11.6. The van der Waals surface area contributed by atoms with Crippen molar-refractivity contribution in [1.29, 1.82) is 0 Å². The lowest BCUT2D eigenvalue weighted by Gasteiger charge is -2.22. The van der Waals surface area contributed by atoms with Crippen molar-refractivity contribution in [1.82, 2.24) is 4.98 Å². The Kier molecular flexibility index (Phi) is 3.93. The van der Waals surface area contributed by atoms with Crippen molar-refractivity contribution in [2.75, 3.05) is 29.9 Å². The van der Waals surface area contributed by atoms with E-state index in [0.29, 0.717) is 6.54 Å². The van der Waals surface area contributed by atoms with E-state index in [0.717, 1.165) is 37.3 Å². The average Bonchev–Trinajstić information content (AvgIpc) is 2.81. The Balaban J connectivity index is 2.09. The Hall–Kier alpha value is -1.78. The second kappa shape index (κ2) is 5.47. The third kappa shape index (κ3) is 2.97. The Morgan fingerprint density at radius 3 is 3.00 bits per heavy atom. The predicted octanol–water partition coefficient (Wildman–Crippen LogP) is 1.61. The van der Waals surface area contributed by atoms with Crippen LogP contribution in [0.1, 0.15) is 26.7 Å². The minimum atomic E-state index is -0.424. The topological polar surface area (TPSA) is 71.2 Å². The highest BCUT2D eigenvalue weighted by molar-refractivity contribution is 5.82. The lowest BCUT2D eigenvalue weighted by molar-refractivity contribution is -0.125. The summed E-state index contributed by atoms with van der Waals surface area (Å²) >= 11 is 0. The second-order valence-electron chi connectivity index (χ2n) is 5.46. The Morgan fingerprint density at radius 2 is 2.37 bits per heavy atom. The Morgan fingerprint density at radius 1 is 1.58 bits per heavy atom. The van der Waals surface area contributed by atoms with E-state index in [1.807, 2.05) is 19.3 Å². The first-order chi connectivity index (χ1) is 9.05. The van der Waals surface area contributed by atoms with Gasteiger partial charge in [-0.05, 0) is 25.8 Å². The van der Waals surface area contributed by atoms with Crippen molar-refractivity contribution in [2.24, 2.45) is 11.1 Å². The van der Waals surface area contributed by atoms with E-state index >= 15 is 0 Å². The maximum absolute atomic E-state index is 11.5. The SMILES string of the molecule is CCCNc1cncc(N2CCC(C)(C(N)=O)C2)c1. The van der Waals surface area contributed by atoms with Crippen LogP contribution in [-0.4, -0.2) is 30.5 Å². The van der Waals surface area contributed by atoms with Crippen LogP contribution in [0.15, 0.2) is 18.5 Å². The Bertz CT molecular complexity index is 463. The van der Waals surface area contributed by atoms with E-state index in [1.54, 1.807) is 0 Å². The summed E-state index contributed by atoms with van der Waals surface area (Å²) in [6.07, 6.45) is 5.54. The molecule has 1 aromatic rings. The quantitative estimate of drug-likeness (QED) is 0.845. The van der Waals surface area contributed by atoms with Crippen molar-refractivity contribution < 1.29 is 4.79 Å². The molecule has 0 spiro atoms. The van der Waals surface area contributed by atoms with Gasteiger partial charge in [0, 0.05) is 19.6 Å². The smallest absolute Gasteiger partial charge is 0.225 e. The van der Waals surface area contributed by atoms with Gasteiger partial charge >= 0.3 is 0 Å². The second-order valence-corrected chi connectivity index (χ2v) is 5.46. The minimum absolute atomic E-state index is 0.219. The molecule has 1 aliphatic rings. The fourth-order valence-corrected chi connectivity index (χ4v) is 2.35. The van der Waals surface area contributed by atoms with Gasteiger partial charge in [-0.25, -0.2) is 0 Å². The van der Waals surface area contributed by atoms with E-state index < -0.39 is 5.41 Å². The van der Waals surface area contributed by atoms with Crippen molar-refractivity contribution in [3.63, 3.8) is 0 Å². The van der Waals surface area contributed by atoms with Crippen molar-refractivity contribution in [3.05, 3.63) is 18.5 Å². The molecule has 1 fully saturated rings. The molecule has 0 bridgehead atoms. The van der Waals surface area contributed by atoms with Gasteiger partial charge in [0.2, 0.25) is 5.91 Å². The van der Waals surface area contributed by atoms with E-state index in [4.69, 9.17) is 5.73 Å². The molecule has 19 heavy (non-hydrogen) atoms. The summed E-state index contributed by atoms with van der Waals surface area (Å²) in [7, 11) is 0. The predicted molar refractivity (Wildman–Crippen MR) is 77.1 cm³/mol. The molecule has 5 nitrogen and oxygen atoms in total. The molecular weight excluding hydrogens is 240 g/mol. The molecule has 0 saturated carbocycles. The van der Waals surface area contributed by atoms with E-state index in [-0.39, 0.29) is 5.91 Å². The number of nitrogens with zero attached hydrogens (tertiary/aromatic N) is 2. The first-order valence-electron chi connectivity index (χ1n) is 6.79. The van der Waals surface area contributed by atoms with E-state index in [2.05, 4.69) is 28.2 Å². The zero-order chi connectivity index (χ0) is 13.9. The highest BCUT2D eigenvalue weighted by Gasteiger charge is 2.38. The zero-order valence-corrected chi connectivity index (χ0v) is 11.6. The number of hydrogen-bond acceptors (Lipinski definition) is 4. The van der Waals surface area contributed by atoms with Gasteiger partial charge in [-0.2, -0.15) is 0 Å². The van der Waals surface area contributed by atoms with Gasteiger partial charge in [0.05, 0.1) is 29.2 Å². The standard InChI is InChI=1S/C14H22N4O/c1-3-5-17-11-7-12(9-16-8-11)18-6-4-14(2,10-18)13(15)19/h7-9,17H,3-6,10H2,1-2H3,(H2,15,19). The number of anilines is 2. The van der Waals surface area contributed by atoms with Gasteiger partial charge in [-0.3, -0.25) is 9.78 Å². The van der Waals surface area contributed by atoms with Crippen LogP contribution in [0.5, 0.6) is 0 Å². The molecule has 1 aliphatic heterocycles. The van der Waals surface area contributed by atoms with Crippen LogP contribution < -0.4 is 16.0 Å². The number of nitrogens with two attached hydrogens (primary N) is 1. The molecule has 0 aliphatic carbocycles. The van der Waals surface area contributed by atoms with Crippen LogP contribution in [0, 0.1) is 5.41 Å². The van der Waals surface area contributed by atoms with Gasteiger partial charge in [0.1, 0.15) is 0 Å². The van der Waals surface area contributed by atoms with Crippen LogP contribution >= 0.6 is 0 Å². The summed E-state index contributed by atoms with van der Waals surface area (Å²) < 4.78 is 0. The summed E-state index contributed by atoms with van der Waals surface area (Å²) in [5, 5.41) is 3.32. The molecule has 1 aromatic heterocycles. The van der Waals surface area contributed by atoms with Gasteiger partial charge in [-0.1, -0.05) is 6.92 Å². The summed E-state index contributed by atoms with van der Waals surface area (Å²) in [6, 6.07) is 2.08. The summed E-state index contributed by atoms with van der Waals surface area (Å²) in [5.41, 5.74) is 7.12. The third-order valence-corrected chi connectivity index (χ3v) is 3.74. The first kappa shape index (κ1) is 13.6. The molecular formula is C14H22N4O. The molecule has 0 aromatic carbocycles. The number of carbonyl (C=O) groups is 1. The van der Waals surface area contributed by atoms with Crippen LogP contribution in [0.2, 0.25) is 0 Å². The van der Waals surface area contributed by atoms with Crippen LogP contribution in [-0.2, 0) is 4.79 Å². The molecule has 1 unspecified atom stereocenters. The summed E-state index contributed by atoms with van der Waals surface area (Å²) in [6.45, 7) is 6.51. The van der Waals surface area contributed by atoms with Gasteiger partial charge in [0.15, 0.2) is 0 Å². The maximum atomic E-state index is 11.5. The molecule has 2 rings (SSSR count). The summed E-state index contributed by atoms with van der Waals surface area (Å²) in [5.74, 6) is -0.219. The van der Waals surface area contributed by atoms with Gasteiger partial charge in [0.25, 0.3) is 0 Å². The van der Waals surface area contributed by atoms with Crippen molar-refractivity contribution in [3.8, 4) is 0 Å². The lowest BCUT2D eigenvalue weighted by Crippen LogP contribution is -2.37. The fraction of sp³-hybridized carbons (Fsp3) is 0.571. The number of aromatic nitrogens is 1. The first-order valence-corrected chi connectivity index (χ1v) is 6.79. The Labute approximate surface area is 114 Å². The number of rotatable bonds is 5. The number of carbonyl (C=O) groups excluding carboxylic acids is 1. The van der Waals surface area contributed by atoms with Crippen LogP contribution in [0.3, 0.4) is 0 Å². The van der Waals surface area contributed by atoms with E-state index in [9.17, 15) is 4.79 Å². The largest absolute Gasteiger partial charge is 0.384 e. The average molecular weight is 262 g/mol. The molecule has 104 valence electrons. The van der Waals surface area contributed by atoms with Crippen LogP contribution in [0.25, 0.3) is 0 Å². The molecule has 0 radical (unpaired) electrons. The van der Waals surface area contributed by atoms with Gasteiger partial charge < -0.3 is 16.0 Å². The highest BCUT2D eigenvalue weighted by atomic mass is 16.1. The third-order valence-electron chi connectivity index (χ3n) is 3.74. The molecule has 5 heteroatoms. The molecule has 2 heterocycles. The number of amides is 1. The number of primary amides is 1. The monoisotopic (exact) mass is 262 g/mol. The molecule has 3 N–H and O–H groups in total. The van der Waals surface area contributed by atoms with Crippen molar-refractivity contribution in [2.45, 2.75) is 26.7 Å². The number of nitrogens with one attached hydrogen (secondary N) is 1. The van der Waals surface area contributed by atoms with E-state index in [1.165, 1.54) is 0 Å². The lowest BCUT2D eigenvalue weighted by atomic mass is 9.89. The normalized spacial score (nSPS) is 22.5. The minimum Gasteiger partial charge on any atom is -0.384 e. The van der Waals surface area contributed by atoms with Gasteiger partial charge in [-0.15, -0.1) is 0 Å². The maximum Gasteiger partial charge on any atom is 0.225 e. The summed E-state index contributed by atoms with van der Waals surface area (Å²) in [4.78, 5) is 17.9. The van der Waals surface area contributed by atoms with Crippen molar-refractivity contribution >= 4 is 17.3 Å².